The third-order valence-corrected chi connectivity index (χ3v) is 4.80. The van der Waals surface area contributed by atoms with Gasteiger partial charge in [0.1, 0.15) is 0 Å². The van der Waals surface area contributed by atoms with E-state index in [1.165, 1.54) is 4.31 Å². The van der Waals surface area contributed by atoms with Crippen LogP contribution in [0.2, 0.25) is 0 Å². The first kappa shape index (κ1) is 9.61. The maximum Gasteiger partial charge on any atom is 0.221 e. The van der Waals surface area contributed by atoms with Crippen LogP contribution in [0.15, 0.2) is 18.5 Å². The van der Waals surface area contributed by atoms with Gasteiger partial charge in [0.15, 0.2) is 0 Å². The number of rotatable bonds is 0. The Bertz CT molecular complexity index is 456. The van der Waals surface area contributed by atoms with Crippen molar-refractivity contribution in [1.82, 2.24) is 9.29 Å². The largest absolute Gasteiger partial charge is 0.264 e. The van der Waals surface area contributed by atoms with Crippen molar-refractivity contribution in [3.8, 4) is 0 Å². The Morgan fingerprint density at radius 2 is 2.29 bits per heavy atom. The molecule has 5 heteroatoms. The summed E-state index contributed by atoms with van der Waals surface area (Å²) < 4.78 is 24.9. The average Bonchev–Trinajstić information content (AvgIpc) is 2.15. The van der Waals surface area contributed by atoms with Crippen LogP contribution in [0.25, 0.3) is 0 Å². The molecule has 76 valence electrons. The van der Waals surface area contributed by atoms with Gasteiger partial charge in [0.05, 0.1) is 5.25 Å². The summed E-state index contributed by atoms with van der Waals surface area (Å²) in [5.41, 5.74) is 1.87. The van der Waals surface area contributed by atoms with Crippen LogP contribution in [0.5, 0.6) is 0 Å². The molecule has 2 heterocycles. The van der Waals surface area contributed by atoms with E-state index in [9.17, 15) is 8.42 Å². The Kier molecular flexibility index (Phi) is 2.08. The summed E-state index contributed by atoms with van der Waals surface area (Å²) in [6, 6.07) is 1.87. The number of pyridine rings is 1. The van der Waals surface area contributed by atoms with Crippen molar-refractivity contribution in [3.63, 3.8) is 0 Å². The Morgan fingerprint density at radius 1 is 1.57 bits per heavy atom. The highest BCUT2D eigenvalue weighted by Gasteiger charge is 2.33. The van der Waals surface area contributed by atoms with Crippen LogP contribution in [-0.2, 0) is 16.6 Å². The second-order valence-electron chi connectivity index (χ2n) is 3.52. The van der Waals surface area contributed by atoms with Crippen molar-refractivity contribution < 1.29 is 8.42 Å². The molecule has 0 aromatic carbocycles. The molecule has 0 bridgehead atoms. The predicted molar refractivity (Wildman–Crippen MR) is 53.0 cm³/mol. The fourth-order valence-electron chi connectivity index (χ4n) is 1.71. The van der Waals surface area contributed by atoms with Crippen LogP contribution in [0.1, 0.15) is 23.3 Å². The zero-order valence-corrected chi connectivity index (χ0v) is 8.95. The van der Waals surface area contributed by atoms with E-state index in [2.05, 4.69) is 4.98 Å². The molecule has 1 aromatic rings. The molecule has 0 N–H and O–H groups in total. The molecule has 0 saturated carbocycles. The number of sulfonamides is 1. The lowest BCUT2D eigenvalue weighted by Gasteiger charge is -2.29. The van der Waals surface area contributed by atoms with Gasteiger partial charge in [-0.2, -0.15) is 0 Å². The molecule has 4 nitrogen and oxygen atoms in total. The second kappa shape index (κ2) is 3.03. The van der Waals surface area contributed by atoms with Crippen LogP contribution in [0.4, 0.5) is 0 Å². The highest BCUT2D eigenvalue weighted by molar-refractivity contribution is 7.89. The third kappa shape index (κ3) is 1.24. The van der Waals surface area contributed by atoms with Crippen molar-refractivity contribution in [2.45, 2.75) is 18.7 Å². The standard InChI is InChI=1S/C9H12N2O2S/c1-7-9-5-10-4-3-8(9)6-11(2)14(7,12)13/h3-5,7H,6H2,1-2H3. The van der Waals surface area contributed by atoms with Crippen LogP contribution < -0.4 is 0 Å². The van der Waals surface area contributed by atoms with E-state index in [-0.39, 0.29) is 0 Å². The van der Waals surface area contributed by atoms with E-state index in [4.69, 9.17) is 0 Å². The second-order valence-corrected chi connectivity index (χ2v) is 5.88. The summed E-state index contributed by atoms with van der Waals surface area (Å²) >= 11 is 0. The molecule has 0 saturated heterocycles. The minimum absolute atomic E-state index is 0.449. The number of aromatic nitrogens is 1. The van der Waals surface area contributed by atoms with Crippen molar-refractivity contribution in [1.29, 1.82) is 0 Å². The van der Waals surface area contributed by atoms with Gasteiger partial charge < -0.3 is 0 Å². The Hall–Kier alpha value is -0.940. The quantitative estimate of drug-likeness (QED) is 0.642. The van der Waals surface area contributed by atoms with Gasteiger partial charge in [0, 0.05) is 26.0 Å². The number of hydrogen-bond donors (Lipinski definition) is 0. The van der Waals surface area contributed by atoms with Crippen LogP contribution in [-0.4, -0.2) is 24.8 Å². The van der Waals surface area contributed by atoms with E-state index in [0.717, 1.165) is 11.1 Å². The lowest BCUT2D eigenvalue weighted by atomic mass is 10.1. The lowest BCUT2D eigenvalue weighted by molar-refractivity contribution is 0.444. The number of hydrogen-bond acceptors (Lipinski definition) is 3. The Labute approximate surface area is 83.6 Å². The minimum Gasteiger partial charge on any atom is -0.264 e. The zero-order valence-electron chi connectivity index (χ0n) is 8.14. The van der Waals surface area contributed by atoms with Crippen molar-refractivity contribution >= 4 is 10.0 Å². The molecule has 14 heavy (non-hydrogen) atoms. The molecule has 1 aromatic heterocycles. The normalized spacial score (nSPS) is 25.7. The Balaban J connectivity index is 2.60. The molecule has 1 atom stereocenters. The molecular weight excluding hydrogens is 200 g/mol. The lowest BCUT2D eigenvalue weighted by Crippen LogP contribution is -2.35. The first-order valence-corrected chi connectivity index (χ1v) is 5.91. The molecule has 0 aliphatic carbocycles. The van der Waals surface area contributed by atoms with E-state index in [1.54, 1.807) is 26.4 Å². The topological polar surface area (TPSA) is 50.3 Å². The summed E-state index contributed by atoms with van der Waals surface area (Å²) in [5.74, 6) is 0. The van der Waals surface area contributed by atoms with Crippen LogP contribution in [0.3, 0.4) is 0 Å². The van der Waals surface area contributed by atoms with Crippen molar-refractivity contribution in [2.75, 3.05) is 7.05 Å². The first-order chi connectivity index (χ1) is 6.53. The minimum atomic E-state index is -3.16. The highest BCUT2D eigenvalue weighted by atomic mass is 32.2. The van der Waals surface area contributed by atoms with Gasteiger partial charge in [-0.05, 0) is 24.1 Å². The summed E-state index contributed by atoms with van der Waals surface area (Å²) in [5, 5.41) is -0.482. The molecule has 1 aliphatic heterocycles. The van der Waals surface area contributed by atoms with E-state index in [0.29, 0.717) is 6.54 Å². The van der Waals surface area contributed by atoms with Crippen molar-refractivity contribution in [3.05, 3.63) is 29.6 Å². The van der Waals surface area contributed by atoms with Gasteiger partial charge in [-0.1, -0.05) is 0 Å². The molecule has 0 fully saturated rings. The van der Waals surface area contributed by atoms with Crippen LogP contribution in [0, 0.1) is 0 Å². The molecule has 1 unspecified atom stereocenters. The SMILES string of the molecule is CC1c2cnccc2CN(C)S1(=O)=O. The van der Waals surface area contributed by atoms with Gasteiger partial charge in [-0.25, -0.2) is 12.7 Å². The maximum absolute atomic E-state index is 11.8. The van der Waals surface area contributed by atoms with Gasteiger partial charge in [0.25, 0.3) is 0 Å². The van der Waals surface area contributed by atoms with Crippen molar-refractivity contribution in [2.24, 2.45) is 0 Å². The maximum atomic E-state index is 11.8. The summed E-state index contributed by atoms with van der Waals surface area (Å²) in [6.45, 7) is 2.15. The average molecular weight is 212 g/mol. The monoisotopic (exact) mass is 212 g/mol. The summed E-state index contributed by atoms with van der Waals surface area (Å²) in [4.78, 5) is 3.96. The smallest absolute Gasteiger partial charge is 0.221 e. The number of nitrogens with zero attached hydrogens (tertiary/aromatic N) is 2. The molecule has 2 rings (SSSR count). The van der Waals surface area contributed by atoms with Gasteiger partial charge >= 0.3 is 0 Å². The third-order valence-electron chi connectivity index (χ3n) is 2.66. The van der Waals surface area contributed by atoms with Gasteiger partial charge in [0.2, 0.25) is 10.0 Å². The first-order valence-electron chi connectivity index (χ1n) is 4.41. The Morgan fingerprint density at radius 3 is 3.00 bits per heavy atom. The molecule has 0 spiro atoms. The molecule has 0 radical (unpaired) electrons. The molecule has 0 amide bonds. The fraction of sp³-hybridized carbons (Fsp3) is 0.444. The summed E-state index contributed by atoms with van der Waals surface area (Å²) in [6.07, 6.45) is 3.34. The van der Waals surface area contributed by atoms with Crippen LogP contribution >= 0.6 is 0 Å². The molecule has 1 aliphatic rings. The van der Waals surface area contributed by atoms with Gasteiger partial charge in [-0.3, -0.25) is 4.98 Å². The molecular formula is C9H12N2O2S. The van der Waals surface area contributed by atoms with E-state index < -0.39 is 15.3 Å². The van der Waals surface area contributed by atoms with Gasteiger partial charge in [-0.15, -0.1) is 0 Å². The van der Waals surface area contributed by atoms with E-state index >= 15 is 0 Å². The predicted octanol–water partition coefficient (Wildman–Crippen LogP) is 0.918. The highest BCUT2D eigenvalue weighted by Crippen LogP contribution is 2.32. The zero-order chi connectivity index (χ0) is 10.3. The van der Waals surface area contributed by atoms with E-state index in [1.807, 2.05) is 6.07 Å². The number of fused-ring (bicyclic) bond motifs is 1. The summed E-state index contributed by atoms with van der Waals surface area (Å²) in [7, 11) is -1.55. The fourth-order valence-corrected chi connectivity index (χ4v) is 3.10.